The van der Waals surface area contributed by atoms with E-state index in [1.54, 1.807) is 0 Å². The zero-order chi connectivity index (χ0) is 14.6. The number of halogens is 2. The van der Waals surface area contributed by atoms with Crippen LogP contribution >= 0.6 is 11.6 Å². The second kappa shape index (κ2) is 6.65. The fraction of sp³-hybridized carbons (Fsp3) is 0.500. The van der Waals surface area contributed by atoms with Gasteiger partial charge < -0.3 is 5.73 Å². The number of hydrogen-bond donors (Lipinski definition) is 2. The highest BCUT2D eigenvalue weighted by Crippen LogP contribution is 2.18. The molecular formula is C12H18ClFN2O2S. The predicted octanol–water partition coefficient (Wildman–Crippen LogP) is 2.13. The molecule has 0 radical (unpaired) electrons. The molecule has 7 heteroatoms. The Morgan fingerprint density at radius 1 is 1.42 bits per heavy atom. The molecule has 0 bridgehead atoms. The van der Waals surface area contributed by atoms with Crippen molar-refractivity contribution in [3.8, 4) is 0 Å². The largest absolute Gasteiger partial charge is 0.327 e. The molecule has 1 unspecified atom stereocenters. The van der Waals surface area contributed by atoms with Gasteiger partial charge in [0, 0.05) is 17.6 Å². The van der Waals surface area contributed by atoms with E-state index in [-0.39, 0.29) is 17.6 Å². The predicted molar refractivity (Wildman–Crippen MR) is 74.0 cm³/mol. The van der Waals surface area contributed by atoms with E-state index in [0.29, 0.717) is 12.3 Å². The van der Waals surface area contributed by atoms with Gasteiger partial charge in [-0.15, -0.1) is 0 Å². The normalized spacial score (nSPS) is 13.8. The van der Waals surface area contributed by atoms with Gasteiger partial charge in [-0.3, -0.25) is 0 Å². The van der Waals surface area contributed by atoms with Crippen LogP contribution in [0, 0.1) is 11.7 Å². The monoisotopic (exact) mass is 308 g/mol. The molecule has 3 N–H and O–H groups in total. The van der Waals surface area contributed by atoms with Crippen molar-refractivity contribution in [2.45, 2.75) is 31.2 Å². The molecular weight excluding hydrogens is 291 g/mol. The van der Waals surface area contributed by atoms with Crippen molar-refractivity contribution in [1.29, 1.82) is 0 Å². The number of nitrogens with two attached hydrogens (primary N) is 1. The first-order valence-electron chi connectivity index (χ1n) is 5.92. The molecule has 4 nitrogen and oxygen atoms in total. The molecule has 19 heavy (non-hydrogen) atoms. The minimum absolute atomic E-state index is 0.0720. The summed E-state index contributed by atoms with van der Waals surface area (Å²) in [6, 6.07) is 3.12. The van der Waals surface area contributed by atoms with Gasteiger partial charge in [-0.25, -0.2) is 17.5 Å². The molecule has 0 saturated carbocycles. The van der Waals surface area contributed by atoms with Gasteiger partial charge in [0.2, 0.25) is 10.0 Å². The number of nitrogens with one attached hydrogen (secondary N) is 1. The highest BCUT2D eigenvalue weighted by atomic mass is 35.5. The molecule has 0 fully saturated rings. The Hall–Kier alpha value is -0.690. The highest BCUT2D eigenvalue weighted by molar-refractivity contribution is 7.89. The van der Waals surface area contributed by atoms with Crippen LogP contribution in [-0.2, 0) is 10.0 Å². The Kier molecular flexibility index (Phi) is 5.73. The van der Waals surface area contributed by atoms with Crippen molar-refractivity contribution in [3.05, 3.63) is 29.0 Å². The Morgan fingerprint density at radius 2 is 2.05 bits per heavy atom. The van der Waals surface area contributed by atoms with Crippen LogP contribution in [0.25, 0.3) is 0 Å². The zero-order valence-electron chi connectivity index (χ0n) is 10.9. The maximum Gasteiger partial charge on any atom is 0.243 e. The lowest BCUT2D eigenvalue weighted by atomic mass is 10.1. The quantitative estimate of drug-likeness (QED) is 0.845. The van der Waals surface area contributed by atoms with Crippen LogP contribution in [-0.4, -0.2) is 21.0 Å². The molecule has 1 atom stereocenters. The maximum atomic E-state index is 13.5. The smallest absolute Gasteiger partial charge is 0.243 e. The highest BCUT2D eigenvalue weighted by Gasteiger charge is 2.20. The lowest BCUT2D eigenvalue weighted by Gasteiger charge is -2.15. The van der Waals surface area contributed by atoms with Gasteiger partial charge in [-0.2, -0.15) is 0 Å². The third kappa shape index (κ3) is 5.06. The van der Waals surface area contributed by atoms with E-state index in [1.165, 1.54) is 6.07 Å². The molecule has 0 saturated heterocycles. The Balaban J connectivity index is 2.76. The molecule has 108 valence electrons. The van der Waals surface area contributed by atoms with Gasteiger partial charge in [-0.1, -0.05) is 25.4 Å². The molecule has 1 rings (SSSR count). The van der Waals surface area contributed by atoms with Crippen LogP contribution in [0.2, 0.25) is 5.02 Å². The summed E-state index contributed by atoms with van der Waals surface area (Å²) in [6.07, 6.45) is 0.686. The summed E-state index contributed by atoms with van der Waals surface area (Å²) in [4.78, 5) is -0.423. The van der Waals surface area contributed by atoms with Gasteiger partial charge in [0.15, 0.2) is 0 Å². The summed E-state index contributed by atoms with van der Waals surface area (Å²) in [7, 11) is -3.90. The van der Waals surface area contributed by atoms with E-state index in [2.05, 4.69) is 4.72 Å². The number of benzene rings is 1. The van der Waals surface area contributed by atoms with Crippen LogP contribution in [0.5, 0.6) is 0 Å². The van der Waals surface area contributed by atoms with Gasteiger partial charge in [0.25, 0.3) is 0 Å². The lowest BCUT2D eigenvalue weighted by Crippen LogP contribution is -2.38. The summed E-state index contributed by atoms with van der Waals surface area (Å²) in [5, 5.41) is 0.146. The standard InChI is InChI=1S/C12H18ClFN2O2S/c1-8(2)5-10(15)7-16-19(17,18)12-4-3-9(13)6-11(12)14/h3-4,6,8,10,16H,5,7,15H2,1-2H3. The number of hydrogen-bond acceptors (Lipinski definition) is 3. The SMILES string of the molecule is CC(C)CC(N)CNS(=O)(=O)c1ccc(Cl)cc1F. The van der Waals surface area contributed by atoms with E-state index in [0.717, 1.165) is 12.1 Å². The third-order valence-electron chi connectivity index (χ3n) is 2.49. The molecule has 0 heterocycles. The first-order valence-corrected chi connectivity index (χ1v) is 7.79. The van der Waals surface area contributed by atoms with Gasteiger partial charge in [0.1, 0.15) is 10.7 Å². The molecule has 0 amide bonds. The van der Waals surface area contributed by atoms with Crippen LogP contribution in [0.4, 0.5) is 4.39 Å². The Labute approximate surface area is 118 Å². The van der Waals surface area contributed by atoms with Gasteiger partial charge >= 0.3 is 0 Å². The van der Waals surface area contributed by atoms with Crippen LogP contribution in [0.15, 0.2) is 23.1 Å². The minimum atomic E-state index is -3.90. The van der Waals surface area contributed by atoms with Crippen molar-refractivity contribution < 1.29 is 12.8 Å². The van der Waals surface area contributed by atoms with Crippen LogP contribution < -0.4 is 10.5 Å². The second-order valence-corrected chi connectivity index (χ2v) is 6.99. The van der Waals surface area contributed by atoms with Crippen molar-refractivity contribution in [2.24, 2.45) is 11.7 Å². The molecule has 0 aliphatic heterocycles. The van der Waals surface area contributed by atoms with E-state index in [1.807, 2.05) is 13.8 Å². The van der Waals surface area contributed by atoms with Crippen molar-refractivity contribution in [2.75, 3.05) is 6.54 Å². The fourth-order valence-corrected chi connectivity index (χ4v) is 2.99. The van der Waals surface area contributed by atoms with E-state index >= 15 is 0 Å². The minimum Gasteiger partial charge on any atom is -0.327 e. The Morgan fingerprint density at radius 3 is 2.58 bits per heavy atom. The Bertz CT molecular complexity index is 535. The van der Waals surface area contributed by atoms with Gasteiger partial charge in [0.05, 0.1) is 0 Å². The first-order chi connectivity index (χ1) is 8.72. The third-order valence-corrected chi connectivity index (χ3v) is 4.19. The summed E-state index contributed by atoms with van der Waals surface area (Å²) >= 11 is 5.58. The van der Waals surface area contributed by atoms with Crippen molar-refractivity contribution in [3.63, 3.8) is 0 Å². The lowest BCUT2D eigenvalue weighted by molar-refractivity contribution is 0.484. The van der Waals surface area contributed by atoms with Gasteiger partial charge in [-0.05, 0) is 30.5 Å². The second-order valence-electron chi connectivity index (χ2n) is 4.82. The molecule has 0 aromatic heterocycles. The average molecular weight is 309 g/mol. The van der Waals surface area contributed by atoms with E-state index in [4.69, 9.17) is 17.3 Å². The van der Waals surface area contributed by atoms with E-state index < -0.39 is 20.7 Å². The maximum absolute atomic E-state index is 13.5. The van der Waals surface area contributed by atoms with Crippen molar-refractivity contribution >= 4 is 21.6 Å². The molecule has 0 aliphatic rings. The number of sulfonamides is 1. The first kappa shape index (κ1) is 16.4. The molecule has 1 aromatic rings. The summed E-state index contributed by atoms with van der Waals surface area (Å²) in [6.45, 7) is 4.06. The zero-order valence-corrected chi connectivity index (χ0v) is 12.4. The molecule has 0 spiro atoms. The summed E-state index contributed by atoms with van der Waals surface area (Å²) in [5.74, 6) is -0.510. The average Bonchev–Trinajstić information content (AvgIpc) is 2.25. The summed E-state index contributed by atoms with van der Waals surface area (Å²) in [5.41, 5.74) is 5.78. The number of rotatable bonds is 6. The topological polar surface area (TPSA) is 72.2 Å². The molecule has 0 aliphatic carbocycles. The summed E-state index contributed by atoms with van der Waals surface area (Å²) < 4.78 is 39.7. The van der Waals surface area contributed by atoms with Crippen LogP contribution in [0.3, 0.4) is 0 Å². The van der Waals surface area contributed by atoms with Crippen molar-refractivity contribution in [1.82, 2.24) is 4.72 Å². The van der Waals surface area contributed by atoms with Crippen LogP contribution in [0.1, 0.15) is 20.3 Å². The van der Waals surface area contributed by atoms with E-state index in [9.17, 15) is 12.8 Å². The molecule has 1 aromatic carbocycles. The fourth-order valence-electron chi connectivity index (χ4n) is 1.68.